The van der Waals surface area contributed by atoms with Crippen molar-refractivity contribution in [3.05, 3.63) is 47.3 Å². The first-order chi connectivity index (χ1) is 9.77. The van der Waals surface area contributed by atoms with Crippen LogP contribution in [0.2, 0.25) is 0 Å². The number of carboxylic acids is 1. The Hall–Kier alpha value is -2.64. The van der Waals surface area contributed by atoms with Gasteiger partial charge in [0.15, 0.2) is 5.69 Å². The molecule has 21 heavy (non-hydrogen) atoms. The van der Waals surface area contributed by atoms with E-state index in [2.05, 4.69) is 9.97 Å². The molecule has 0 atom stereocenters. The molecule has 0 aliphatic rings. The van der Waals surface area contributed by atoms with Gasteiger partial charge in [0.25, 0.3) is 0 Å². The van der Waals surface area contributed by atoms with Crippen molar-refractivity contribution in [2.45, 2.75) is 13.1 Å². The van der Waals surface area contributed by atoms with Crippen LogP contribution >= 0.6 is 0 Å². The number of rotatable bonds is 3. The molecule has 2 aromatic rings. The smallest absolute Gasteiger partial charge is 0.419 e. The van der Waals surface area contributed by atoms with Gasteiger partial charge in [0, 0.05) is 5.69 Å². The predicted octanol–water partition coefficient (Wildman–Crippen LogP) is 3.29. The highest BCUT2D eigenvalue weighted by molar-refractivity contribution is 5.85. The van der Waals surface area contributed by atoms with Crippen LogP contribution in [0.15, 0.2) is 30.3 Å². The van der Waals surface area contributed by atoms with Crippen LogP contribution in [-0.4, -0.2) is 21.0 Å². The van der Waals surface area contributed by atoms with Crippen LogP contribution in [0.25, 0.3) is 0 Å². The Morgan fingerprint density at radius 3 is 2.52 bits per heavy atom. The molecule has 5 nitrogen and oxygen atoms in total. The molecule has 1 aromatic heterocycles. The maximum absolute atomic E-state index is 12.8. The predicted molar refractivity (Wildman–Crippen MR) is 65.2 cm³/mol. The number of hydrogen-bond donors (Lipinski definition) is 1. The number of ether oxygens (including phenoxy) is 1. The summed E-state index contributed by atoms with van der Waals surface area (Å²) in [5.74, 6) is -1.82. The third-order valence-electron chi connectivity index (χ3n) is 2.45. The fraction of sp³-hybridized carbons (Fsp3) is 0.154. The van der Waals surface area contributed by atoms with Gasteiger partial charge < -0.3 is 9.84 Å². The molecule has 0 aliphatic heterocycles. The Balaban J connectivity index is 2.42. The summed E-state index contributed by atoms with van der Waals surface area (Å²) in [5.41, 5.74) is -1.09. The molecule has 0 amide bonds. The summed E-state index contributed by atoms with van der Waals surface area (Å²) in [6.07, 6.45) is -4.60. The molecule has 1 aromatic carbocycles. The fourth-order valence-corrected chi connectivity index (χ4v) is 1.58. The van der Waals surface area contributed by atoms with E-state index in [1.54, 1.807) is 0 Å². The van der Waals surface area contributed by atoms with Crippen molar-refractivity contribution >= 4 is 5.97 Å². The minimum absolute atomic E-state index is 0.266. The Labute approximate surface area is 117 Å². The molecule has 110 valence electrons. The Bertz CT molecular complexity index is 687. The summed E-state index contributed by atoms with van der Waals surface area (Å²) in [7, 11) is 0. The number of carbonyl (C=O) groups is 1. The molecule has 0 radical (unpaired) electrons. The number of carboxylic acid groups (broad SMARTS) is 1. The van der Waals surface area contributed by atoms with Gasteiger partial charge in [-0.3, -0.25) is 0 Å². The van der Waals surface area contributed by atoms with Crippen molar-refractivity contribution < 1.29 is 27.8 Å². The maximum atomic E-state index is 12.8. The van der Waals surface area contributed by atoms with Crippen molar-refractivity contribution in [2.75, 3.05) is 0 Å². The van der Waals surface area contributed by atoms with Crippen LogP contribution in [0.4, 0.5) is 13.2 Å². The van der Waals surface area contributed by atoms with E-state index < -0.39 is 29.5 Å². The molecule has 0 bridgehead atoms. The average molecular weight is 298 g/mol. The molecular weight excluding hydrogens is 289 g/mol. The lowest BCUT2D eigenvalue weighted by molar-refractivity contribution is -0.138. The molecule has 8 heteroatoms. The van der Waals surface area contributed by atoms with Gasteiger partial charge in [-0.15, -0.1) is 0 Å². The quantitative estimate of drug-likeness (QED) is 0.941. The lowest BCUT2D eigenvalue weighted by Crippen LogP contribution is -2.09. The molecule has 1 heterocycles. The summed E-state index contributed by atoms with van der Waals surface area (Å²) >= 11 is 0. The van der Waals surface area contributed by atoms with Crippen molar-refractivity contribution in [3.63, 3.8) is 0 Å². The van der Waals surface area contributed by atoms with Crippen molar-refractivity contribution in [1.29, 1.82) is 0 Å². The summed E-state index contributed by atoms with van der Waals surface area (Å²) in [5, 5.41) is 8.86. The van der Waals surface area contributed by atoms with Gasteiger partial charge in [0.1, 0.15) is 5.75 Å². The van der Waals surface area contributed by atoms with Gasteiger partial charge in [-0.05, 0) is 25.1 Å². The van der Waals surface area contributed by atoms with Crippen molar-refractivity contribution in [2.24, 2.45) is 0 Å². The normalized spacial score (nSPS) is 11.2. The molecule has 0 spiro atoms. The zero-order valence-electron chi connectivity index (χ0n) is 10.7. The van der Waals surface area contributed by atoms with Gasteiger partial charge in [0.05, 0.1) is 5.56 Å². The molecule has 1 N–H and O–H groups in total. The van der Waals surface area contributed by atoms with Crippen LogP contribution in [-0.2, 0) is 6.18 Å². The number of halogens is 3. The zero-order chi connectivity index (χ0) is 15.6. The second-order valence-corrected chi connectivity index (χ2v) is 4.08. The lowest BCUT2D eigenvalue weighted by atomic mass is 10.2. The van der Waals surface area contributed by atoms with E-state index in [0.717, 1.165) is 12.1 Å². The Kier molecular flexibility index (Phi) is 3.79. The second kappa shape index (κ2) is 5.39. The highest BCUT2D eigenvalue weighted by Gasteiger charge is 2.34. The van der Waals surface area contributed by atoms with E-state index >= 15 is 0 Å². The average Bonchev–Trinajstić information content (AvgIpc) is 2.37. The van der Waals surface area contributed by atoms with Gasteiger partial charge in [0.2, 0.25) is 0 Å². The molecule has 0 unspecified atom stereocenters. The number of benzene rings is 1. The minimum atomic E-state index is -4.60. The number of alkyl halides is 3. The van der Waals surface area contributed by atoms with Crippen LogP contribution in [0.3, 0.4) is 0 Å². The molecule has 0 saturated heterocycles. The van der Waals surface area contributed by atoms with E-state index in [1.165, 1.54) is 25.1 Å². The summed E-state index contributed by atoms with van der Waals surface area (Å²) in [6, 6.07) is 5.26. The molecule has 2 rings (SSSR count). The number of nitrogens with zero attached hydrogens (tertiary/aromatic N) is 2. The number of aromatic nitrogens is 2. The first-order valence-corrected chi connectivity index (χ1v) is 5.70. The number of aryl methyl sites for hydroxylation is 1. The molecule has 0 fully saturated rings. The first kappa shape index (κ1) is 14.8. The third kappa shape index (κ3) is 3.47. The Morgan fingerprint density at radius 1 is 1.24 bits per heavy atom. The van der Waals surface area contributed by atoms with E-state index in [4.69, 9.17) is 9.84 Å². The summed E-state index contributed by atoms with van der Waals surface area (Å²) < 4.78 is 43.5. The van der Waals surface area contributed by atoms with E-state index in [1.807, 2.05) is 0 Å². The van der Waals surface area contributed by atoms with Gasteiger partial charge in [-0.2, -0.15) is 18.2 Å². The highest BCUT2D eigenvalue weighted by atomic mass is 19.4. The molecule has 0 saturated carbocycles. The standard InChI is InChI=1S/C13H9F3N2O3/c1-7-6-9(11(19)20)18-12(17-7)21-10-5-3-2-4-8(10)13(14,15)16/h2-6H,1H3,(H,19,20). The van der Waals surface area contributed by atoms with E-state index in [-0.39, 0.29) is 11.4 Å². The van der Waals surface area contributed by atoms with Gasteiger partial charge in [-0.1, -0.05) is 12.1 Å². The largest absolute Gasteiger partial charge is 0.477 e. The van der Waals surface area contributed by atoms with E-state index in [0.29, 0.717) is 0 Å². The van der Waals surface area contributed by atoms with E-state index in [9.17, 15) is 18.0 Å². The first-order valence-electron chi connectivity index (χ1n) is 5.70. The topological polar surface area (TPSA) is 72.3 Å². The maximum Gasteiger partial charge on any atom is 0.419 e. The summed E-state index contributed by atoms with van der Waals surface area (Å²) in [6.45, 7) is 1.48. The van der Waals surface area contributed by atoms with Crippen molar-refractivity contribution in [1.82, 2.24) is 9.97 Å². The van der Waals surface area contributed by atoms with Crippen LogP contribution in [0.5, 0.6) is 11.8 Å². The van der Waals surface area contributed by atoms with Gasteiger partial charge >= 0.3 is 18.2 Å². The van der Waals surface area contributed by atoms with Gasteiger partial charge in [-0.25, -0.2) is 9.78 Å². The Morgan fingerprint density at radius 2 is 1.90 bits per heavy atom. The minimum Gasteiger partial charge on any atom is -0.477 e. The fourth-order valence-electron chi connectivity index (χ4n) is 1.58. The number of aromatic carboxylic acids is 1. The highest BCUT2D eigenvalue weighted by Crippen LogP contribution is 2.37. The van der Waals surface area contributed by atoms with Crippen LogP contribution in [0, 0.1) is 6.92 Å². The molecular formula is C13H9F3N2O3. The second-order valence-electron chi connectivity index (χ2n) is 4.08. The molecule has 0 aliphatic carbocycles. The van der Waals surface area contributed by atoms with Crippen LogP contribution < -0.4 is 4.74 Å². The monoisotopic (exact) mass is 298 g/mol. The number of para-hydroxylation sites is 1. The SMILES string of the molecule is Cc1cc(C(=O)O)nc(Oc2ccccc2C(F)(F)F)n1. The third-order valence-corrected chi connectivity index (χ3v) is 2.45. The van der Waals surface area contributed by atoms with Crippen molar-refractivity contribution in [3.8, 4) is 11.8 Å². The summed E-state index contributed by atoms with van der Waals surface area (Å²) in [4.78, 5) is 18.2. The zero-order valence-corrected chi connectivity index (χ0v) is 10.7. The number of hydrogen-bond acceptors (Lipinski definition) is 4. The van der Waals surface area contributed by atoms with Crippen LogP contribution in [0.1, 0.15) is 21.7 Å². The lowest BCUT2D eigenvalue weighted by Gasteiger charge is -2.12.